The van der Waals surface area contributed by atoms with Gasteiger partial charge in [-0.1, -0.05) is 11.6 Å². The van der Waals surface area contributed by atoms with Crippen LogP contribution in [0.5, 0.6) is 0 Å². The monoisotopic (exact) mass is 378 g/mol. The third-order valence-corrected chi connectivity index (χ3v) is 3.95. The van der Waals surface area contributed by atoms with Gasteiger partial charge in [0.2, 0.25) is 0 Å². The standard InChI is InChI=1S/C10H5Br2ClN2S/c11-6-1-2-9(14-4-6)16-10-8(13)3-7(12)5-15-10/h1-5H. The molecule has 0 aliphatic rings. The molecule has 0 aromatic carbocycles. The molecule has 0 saturated carbocycles. The van der Waals surface area contributed by atoms with Crippen molar-refractivity contribution in [2.24, 2.45) is 0 Å². The molecule has 0 amide bonds. The van der Waals surface area contributed by atoms with Gasteiger partial charge >= 0.3 is 0 Å². The smallest absolute Gasteiger partial charge is 0.121 e. The van der Waals surface area contributed by atoms with Crippen molar-refractivity contribution in [1.82, 2.24) is 9.97 Å². The summed E-state index contributed by atoms with van der Waals surface area (Å²) in [7, 11) is 0. The van der Waals surface area contributed by atoms with Crippen LogP contribution in [0.4, 0.5) is 0 Å². The second-order valence-corrected chi connectivity index (χ2v) is 6.10. The van der Waals surface area contributed by atoms with E-state index in [1.807, 2.05) is 18.2 Å². The number of rotatable bonds is 2. The molecule has 16 heavy (non-hydrogen) atoms. The first-order valence-electron chi connectivity index (χ1n) is 4.25. The summed E-state index contributed by atoms with van der Waals surface area (Å²) in [5, 5.41) is 2.23. The molecule has 0 atom stereocenters. The van der Waals surface area contributed by atoms with Crippen LogP contribution in [0.25, 0.3) is 0 Å². The van der Waals surface area contributed by atoms with Crippen LogP contribution in [-0.4, -0.2) is 9.97 Å². The summed E-state index contributed by atoms with van der Waals surface area (Å²) in [6, 6.07) is 5.66. The van der Waals surface area contributed by atoms with Gasteiger partial charge in [-0.25, -0.2) is 9.97 Å². The van der Waals surface area contributed by atoms with Gasteiger partial charge < -0.3 is 0 Å². The van der Waals surface area contributed by atoms with Gasteiger partial charge in [0.25, 0.3) is 0 Å². The van der Waals surface area contributed by atoms with Crippen LogP contribution in [0, 0.1) is 0 Å². The van der Waals surface area contributed by atoms with Gasteiger partial charge in [-0.2, -0.15) is 0 Å². The molecule has 0 aliphatic carbocycles. The van der Waals surface area contributed by atoms with Crippen LogP contribution >= 0.6 is 55.2 Å². The molecule has 0 fully saturated rings. The number of hydrogen-bond donors (Lipinski definition) is 0. The van der Waals surface area contributed by atoms with Crippen LogP contribution in [0.2, 0.25) is 5.02 Å². The van der Waals surface area contributed by atoms with Crippen molar-refractivity contribution >= 4 is 55.2 Å². The predicted octanol–water partition coefficient (Wildman–Crippen LogP) is 4.81. The minimum atomic E-state index is 0.615. The van der Waals surface area contributed by atoms with E-state index in [-0.39, 0.29) is 0 Å². The summed E-state index contributed by atoms with van der Waals surface area (Å²) in [5.41, 5.74) is 0. The number of aromatic nitrogens is 2. The normalized spacial score (nSPS) is 10.4. The van der Waals surface area contributed by atoms with E-state index in [4.69, 9.17) is 11.6 Å². The Balaban J connectivity index is 2.23. The molecule has 0 spiro atoms. The van der Waals surface area contributed by atoms with E-state index in [0.29, 0.717) is 5.02 Å². The molecule has 0 bridgehead atoms. The van der Waals surface area contributed by atoms with E-state index in [0.717, 1.165) is 19.0 Å². The molecule has 2 rings (SSSR count). The lowest BCUT2D eigenvalue weighted by molar-refractivity contribution is 1.08. The topological polar surface area (TPSA) is 25.8 Å². The van der Waals surface area contributed by atoms with Gasteiger partial charge in [-0.15, -0.1) is 0 Å². The van der Waals surface area contributed by atoms with Gasteiger partial charge in [0.05, 0.1) is 5.02 Å². The van der Waals surface area contributed by atoms with Gasteiger partial charge in [0.1, 0.15) is 10.1 Å². The minimum Gasteiger partial charge on any atom is -0.248 e. The van der Waals surface area contributed by atoms with E-state index >= 15 is 0 Å². The highest BCUT2D eigenvalue weighted by Crippen LogP contribution is 2.31. The van der Waals surface area contributed by atoms with Gasteiger partial charge in [-0.05, 0) is 61.8 Å². The molecule has 0 unspecified atom stereocenters. The molecule has 0 aliphatic heterocycles. The highest BCUT2D eigenvalue weighted by Gasteiger charge is 2.05. The van der Waals surface area contributed by atoms with Crippen LogP contribution in [0.1, 0.15) is 0 Å². The Morgan fingerprint density at radius 2 is 1.81 bits per heavy atom. The van der Waals surface area contributed by atoms with E-state index < -0.39 is 0 Å². The lowest BCUT2D eigenvalue weighted by Gasteiger charge is -2.02. The van der Waals surface area contributed by atoms with E-state index in [1.165, 1.54) is 11.8 Å². The Morgan fingerprint density at radius 3 is 2.44 bits per heavy atom. The highest BCUT2D eigenvalue weighted by atomic mass is 79.9. The lowest BCUT2D eigenvalue weighted by atomic mass is 10.5. The molecule has 2 aromatic rings. The summed E-state index contributed by atoms with van der Waals surface area (Å²) in [5.74, 6) is 0. The van der Waals surface area contributed by atoms with Crippen molar-refractivity contribution in [3.8, 4) is 0 Å². The first-order chi connectivity index (χ1) is 7.65. The maximum Gasteiger partial charge on any atom is 0.121 e. The van der Waals surface area contributed by atoms with E-state index in [1.54, 1.807) is 12.4 Å². The number of nitrogens with zero attached hydrogens (tertiary/aromatic N) is 2. The van der Waals surface area contributed by atoms with E-state index in [9.17, 15) is 0 Å². The van der Waals surface area contributed by atoms with Crippen molar-refractivity contribution < 1.29 is 0 Å². The number of halogens is 3. The minimum absolute atomic E-state index is 0.615. The molecule has 2 nitrogen and oxygen atoms in total. The van der Waals surface area contributed by atoms with E-state index in [2.05, 4.69) is 41.8 Å². The lowest BCUT2D eigenvalue weighted by Crippen LogP contribution is -1.84. The zero-order valence-electron chi connectivity index (χ0n) is 7.82. The quantitative estimate of drug-likeness (QED) is 0.748. The fourth-order valence-corrected chi connectivity index (χ4v) is 2.68. The SMILES string of the molecule is Clc1cc(Br)cnc1Sc1ccc(Br)cn1. The Hall–Kier alpha value is -0.100. The number of pyridine rings is 2. The summed E-state index contributed by atoms with van der Waals surface area (Å²) in [6.45, 7) is 0. The Bertz CT molecular complexity index is 505. The second-order valence-electron chi connectivity index (χ2n) is 2.86. The summed E-state index contributed by atoms with van der Waals surface area (Å²) >= 11 is 14.1. The average Bonchev–Trinajstić information content (AvgIpc) is 2.25. The molecular formula is C10H5Br2ClN2S. The summed E-state index contributed by atoms with van der Waals surface area (Å²) < 4.78 is 1.82. The maximum absolute atomic E-state index is 6.06. The molecule has 6 heteroatoms. The van der Waals surface area contributed by atoms with Crippen molar-refractivity contribution in [2.75, 3.05) is 0 Å². The Labute approximate surface area is 119 Å². The van der Waals surface area contributed by atoms with Crippen LogP contribution in [0.15, 0.2) is 49.6 Å². The van der Waals surface area contributed by atoms with Crippen molar-refractivity contribution in [2.45, 2.75) is 10.1 Å². The van der Waals surface area contributed by atoms with Crippen LogP contribution in [0.3, 0.4) is 0 Å². The number of hydrogen-bond acceptors (Lipinski definition) is 3. The van der Waals surface area contributed by atoms with Crippen LogP contribution < -0.4 is 0 Å². The Kier molecular flexibility index (Phi) is 4.24. The van der Waals surface area contributed by atoms with Crippen molar-refractivity contribution in [1.29, 1.82) is 0 Å². The largest absolute Gasteiger partial charge is 0.248 e. The summed E-state index contributed by atoms with van der Waals surface area (Å²) in [4.78, 5) is 8.47. The van der Waals surface area contributed by atoms with Gasteiger partial charge in [0.15, 0.2) is 0 Å². The molecule has 2 aromatic heterocycles. The third-order valence-electron chi connectivity index (χ3n) is 1.68. The molecule has 0 saturated heterocycles. The van der Waals surface area contributed by atoms with Gasteiger partial charge in [0, 0.05) is 21.3 Å². The zero-order valence-corrected chi connectivity index (χ0v) is 12.6. The van der Waals surface area contributed by atoms with Crippen LogP contribution in [-0.2, 0) is 0 Å². The maximum atomic E-state index is 6.06. The molecule has 0 radical (unpaired) electrons. The second kappa shape index (κ2) is 5.49. The fraction of sp³-hybridized carbons (Fsp3) is 0. The third kappa shape index (κ3) is 3.20. The first kappa shape index (κ1) is 12.4. The van der Waals surface area contributed by atoms with Crippen molar-refractivity contribution in [3.63, 3.8) is 0 Å². The Morgan fingerprint density at radius 1 is 1.06 bits per heavy atom. The highest BCUT2D eigenvalue weighted by molar-refractivity contribution is 9.10. The zero-order chi connectivity index (χ0) is 11.5. The average molecular weight is 380 g/mol. The van der Waals surface area contributed by atoms with Gasteiger partial charge in [-0.3, -0.25) is 0 Å². The fourth-order valence-electron chi connectivity index (χ4n) is 0.999. The molecular weight excluding hydrogens is 375 g/mol. The molecule has 0 N–H and O–H groups in total. The molecule has 2 heterocycles. The molecule has 82 valence electrons. The first-order valence-corrected chi connectivity index (χ1v) is 7.03. The van der Waals surface area contributed by atoms with Crippen molar-refractivity contribution in [3.05, 3.63) is 44.6 Å². The summed E-state index contributed by atoms with van der Waals surface area (Å²) in [6.07, 6.45) is 3.46. The predicted molar refractivity (Wildman–Crippen MR) is 73.0 cm³/mol.